The zero-order chi connectivity index (χ0) is 20.3. The van der Waals surface area contributed by atoms with Gasteiger partial charge in [-0.05, 0) is 62.8 Å². The van der Waals surface area contributed by atoms with E-state index >= 15 is 0 Å². The third-order valence-corrected chi connectivity index (χ3v) is 7.49. The van der Waals surface area contributed by atoms with Crippen molar-refractivity contribution >= 4 is 15.7 Å². The van der Waals surface area contributed by atoms with E-state index in [2.05, 4.69) is 4.90 Å². The highest BCUT2D eigenvalue weighted by Crippen LogP contribution is 2.47. The Bertz CT molecular complexity index is 1000. The lowest BCUT2D eigenvalue weighted by atomic mass is 9.89. The molecule has 0 bridgehead atoms. The summed E-state index contributed by atoms with van der Waals surface area (Å²) >= 11 is 0. The van der Waals surface area contributed by atoms with Crippen LogP contribution in [0.4, 0.5) is 18.9 Å². The lowest BCUT2D eigenvalue weighted by Crippen LogP contribution is -2.47. The monoisotopic (exact) mass is 410 g/mol. The van der Waals surface area contributed by atoms with Crippen molar-refractivity contribution < 1.29 is 21.6 Å². The minimum absolute atomic E-state index is 0.0536. The number of piperidine rings is 1. The summed E-state index contributed by atoms with van der Waals surface area (Å²) in [6.07, 6.45) is -3.83. The molecule has 0 amide bonds. The van der Waals surface area contributed by atoms with Gasteiger partial charge in [0.2, 0.25) is 0 Å². The predicted molar refractivity (Wildman–Crippen MR) is 101 cm³/mol. The molecule has 0 radical (unpaired) electrons. The summed E-state index contributed by atoms with van der Waals surface area (Å²) in [6.45, 7) is 3.49. The molecule has 2 aliphatic rings. The van der Waals surface area contributed by atoms with Gasteiger partial charge in [0.25, 0.3) is 10.0 Å². The summed E-state index contributed by atoms with van der Waals surface area (Å²) in [5.74, 6) is 0.0536. The normalized spacial score (nSPS) is 22.8. The van der Waals surface area contributed by atoms with Gasteiger partial charge in [-0.25, -0.2) is 8.42 Å². The Kier molecular flexibility index (Phi) is 4.46. The number of anilines is 1. The van der Waals surface area contributed by atoms with E-state index in [0.29, 0.717) is 12.1 Å². The summed E-state index contributed by atoms with van der Waals surface area (Å²) in [5, 5.41) is 0. The average molecular weight is 410 g/mol. The quantitative estimate of drug-likeness (QED) is 0.751. The number of benzene rings is 2. The molecule has 0 unspecified atom stereocenters. The molecular formula is C20H21F3N2O2S. The first kappa shape index (κ1) is 19.3. The van der Waals surface area contributed by atoms with E-state index in [1.807, 2.05) is 32.2 Å². The Labute approximate surface area is 162 Å². The van der Waals surface area contributed by atoms with Crippen LogP contribution in [0.5, 0.6) is 0 Å². The zero-order valence-electron chi connectivity index (χ0n) is 15.6. The van der Waals surface area contributed by atoms with Gasteiger partial charge in [-0.2, -0.15) is 13.2 Å². The molecule has 0 N–H and O–H groups in total. The lowest BCUT2D eigenvalue weighted by Gasteiger charge is -2.36. The second-order valence-electron chi connectivity index (χ2n) is 7.61. The molecule has 2 heterocycles. The van der Waals surface area contributed by atoms with Crippen molar-refractivity contribution in [1.82, 2.24) is 4.90 Å². The van der Waals surface area contributed by atoms with E-state index < -0.39 is 21.8 Å². The highest BCUT2D eigenvalue weighted by atomic mass is 32.2. The van der Waals surface area contributed by atoms with E-state index in [4.69, 9.17) is 0 Å². The lowest BCUT2D eigenvalue weighted by molar-refractivity contribution is -0.137. The fourth-order valence-electron chi connectivity index (χ4n) is 4.28. The molecule has 4 rings (SSSR count). The molecule has 2 aliphatic heterocycles. The van der Waals surface area contributed by atoms with Crippen LogP contribution in [0.15, 0.2) is 47.4 Å². The van der Waals surface area contributed by atoms with Gasteiger partial charge < -0.3 is 4.90 Å². The second-order valence-corrected chi connectivity index (χ2v) is 9.42. The first-order valence-electron chi connectivity index (χ1n) is 9.10. The van der Waals surface area contributed by atoms with Crippen molar-refractivity contribution in [1.29, 1.82) is 0 Å². The van der Waals surface area contributed by atoms with E-state index in [1.54, 1.807) is 0 Å². The first-order valence-corrected chi connectivity index (χ1v) is 10.5. The van der Waals surface area contributed by atoms with Gasteiger partial charge in [0, 0.05) is 12.5 Å². The summed E-state index contributed by atoms with van der Waals surface area (Å²) < 4.78 is 66.8. The van der Waals surface area contributed by atoms with E-state index in [0.717, 1.165) is 48.5 Å². The van der Waals surface area contributed by atoms with Crippen LogP contribution in [0.25, 0.3) is 0 Å². The Hall–Kier alpha value is -2.06. The highest BCUT2D eigenvalue weighted by Gasteiger charge is 2.46. The second kappa shape index (κ2) is 6.49. The number of hydrogen-bond acceptors (Lipinski definition) is 3. The third-order valence-electron chi connectivity index (χ3n) is 5.64. The Morgan fingerprint density at radius 3 is 2.39 bits per heavy atom. The van der Waals surface area contributed by atoms with Crippen LogP contribution < -0.4 is 4.31 Å². The molecule has 4 nitrogen and oxygen atoms in total. The van der Waals surface area contributed by atoms with Gasteiger partial charge in [-0.15, -0.1) is 0 Å². The van der Waals surface area contributed by atoms with E-state index in [1.165, 1.54) is 4.31 Å². The molecule has 28 heavy (non-hydrogen) atoms. The van der Waals surface area contributed by atoms with Crippen LogP contribution in [0, 0.1) is 6.92 Å². The summed E-state index contributed by atoms with van der Waals surface area (Å²) in [7, 11) is -1.96. The largest absolute Gasteiger partial charge is 0.416 e. The maximum absolute atomic E-state index is 13.4. The minimum atomic E-state index is -4.50. The standard InChI is InChI=1S/C20H21F3N2O2S/c1-13-3-8-18-16(11-13)17-12-24(2)10-9-19(17)25(18)28(26,27)15-6-4-14(5-7-15)20(21,22)23/h3-8,11,17,19H,9-10,12H2,1-2H3/t17-,19+/m1/s1. The Balaban J connectivity index is 1.79. The maximum Gasteiger partial charge on any atom is 0.416 e. The molecule has 1 fully saturated rings. The van der Waals surface area contributed by atoms with E-state index in [-0.39, 0.29) is 16.9 Å². The molecule has 2 aromatic rings. The average Bonchev–Trinajstić information content (AvgIpc) is 2.95. The van der Waals surface area contributed by atoms with Crippen molar-refractivity contribution in [2.45, 2.75) is 36.4 Å². The predicted octanol–water partition coefficient (Wildman–Crippen LogP) is 4.01. The van der Waals surface area contributed by atoms with Gasteiger partial charge in [0.05, 0.1) is 22.2 Å². The Morgan fingerprint density at radius 1 is 1.07 bits per heavy atom. The van der Waals surface area contributed by atoms with Crippen LogP contribution in [0.1, 0.15) is 29.0 Å². The number of nitrogens with zero attached hydrogens (tertiary/aromatic N) is 2. The number of rotatable bonds is 2. The smallest absolute Gasteiger partial charge is 0.306 e. The van der Waals surface area contributed by atoms with Crippen LogP contribution in [0.2, 0.25) is 0 Å². The Morgan fingerprint density at radius 2 is 1.75 bits per heavy atom. The molecule has 2 aromatic carbocycles. The van der Waals surface area contributed by atoms with Gasteiger partial charge in [-0.1, -0.05) is 17.7 Å². The van der Waals surface area contributed by atoms with Gasteiger partial charge in [0.1, 0.15) is 0 Å². The third kappa shape index (κ3) is 3.08. The van der Waals surface area contributed by atoms with Crippen LogP contribution in [-0.2, 0) is 16.2 Å². The van der Waals surface area contributed by atoms with Gasteiger partial charge in [0.15, 0.2) is 0 Å². The minimum Gasteiger partial charge on any atom is -0.306 e. The van der Waals surface area contributed by atoms with Crippen LogP contribution in [0.3, 0.4) is 0 Å². The van der Waals surface area contributed by atoms with Crippen molar-refractivity contribution in [3.8, 4) is 0 Å². The fraction of sp³-hybridized carbons (Fsp3) is 0.400. The molecular weight excluding hydrogens is 389 g/mol. The summed E-state index contributed by atoms with van der Waals surface area (Å²) in [4.78, 5) is 2.06. The number of likely N-dealkylation sites (N-methyl/N-ethyl adjacent to an activating group) is 1. The number of alkyl halides is 3. The van der Waals surface area contributed by atoms with Crippen molar-refractivity contribution in [3.05, 3.63) is 59.2 Å². The maximum atomic E-state index is 13.4. The highest BCUT2D eigenvalue weighted by molar-refractivity contribution is 7.92. The van der Waals surface area contributed by atoms with Crippen molar-refractivity contribution in [2.75, 3.05) is 24.4 Å². The number of hydrogen-bond donors (Lipinski definition) is 0. The number of likely N-dealkylation sites (tertiary alicyclic amines) is 1. The first-order chi connectivity index (χ1) is 13.1. The molecule has 0 aliphatic carbocycles. The molecule has 0 aromatic heterocycles. The molecule has 0 saturated carbocycles. The van der Waals surface area contributed by atoms with Gasteiger partial charge in [-0.3, -0.25) is 4.31 Å². The topological polar surface area (TPSA) is 40.6 Å². The fourth-order valence-corrected chi connectivity index (χ4v) is 6.02. The number of fused-ring (bicyclic) bond motifs is 3. The number of aryl methyl sites for hydroxylation is 1. The molecule has 0 spiro atoms. The van der Waals surface area contributed by atoms with Gasteiger partial charge >= 0.3 is 6.18 Å². The SMILES string of the molecule is Cc1ccc2c(c1)[C@H]1CN(C)CC[C@@H]1N2S(=O)(=O)c1ccc(C(F)(F)F)cc1. The summed E-state index contributed by atoms with van der Waals surface area (Å²) in [5.41, 5.74) is 1.82. The zero-order valence-corrected chi connectivity index (χ0v) is 16.4. The van der Waals surface area contributed by atoms with Crippen molar-refractivity contribution in [3.63, 3.8) is 0 Å². The summed E-state index contributed by atoms with van der Waals surface area (Å²) in [6, 6.07) is 9.23. The van der Waals surface area contributed by atoms with E-state index in [9.17, 15) is 21.6 Å². The van der Waals surface area contributed by atoms with Crippen LogP contribution >= 0.6 is 0 Å². The number of halogens is 3. The molecule has 1 saturated heterocycles. The molecule has 150 valence electrons. The number of sulfonamides is 1. The molecule has 8 heteroatoms. The van der Waals surface area contributed by atoms with Crippen molar-refractivity contribution in [2.24, 2.45) is 0 Å². The molecule has 2 atom stereocenters. The van der Waals surface area contributed by atoms with Crippen LogP contribution in [-0.4, -0.2) is 39.5 Å².